The summed E-state index contributed by atoms with van der Waals surface area (Å²) in [5, 5.41) is 17.0. The molecular formula is C21H15Cl2F3N6O2. The zero-order valence-electron chi connectivity index (χ0n) is 17.2. The van der Waals surface area contributed by atoms with E-state index in [0.29, 0.717) is 34.5 Å². The number of alkyl halides is 3. The van der Waals surface area contributed by atoms with Gasteiger partial charge in [-0.15, -0.1) is 0 Å². The Morgan fingerprint density at radius 1 is 1.18 bits per heavy atom. The van der Waals surface area contributed by atoms with Crippen LogP contribution in [0.4, 0.5) is 24.7 Å². The Kier molecular flexibility index (Phi) is 6.11. The van der Waals surface area contributed by atoms with E-state index in [2.05, 4.69) is 20.4 Å². The van der Waals surface area contributed by atoms with E-state index in [4.69, 9.17) is 28.9 Å². The van der Waals surface area contributed by atoms with E-state index < -0.39 is 23.8 Å². The highest BCUT2D eigenvalue weighted by atomic mass is 35.5. The number of aliphatic hydroxyl groups excluding tert-OH is 1. The fraction of sp³-hybridized carbons (Fsp3) is 0.143. The van der Waals surface area contributed by atoms with Gasteiger partial charge in [-0.05, 0) is 48.9 Å². The molecule has 2 aromatic carbocycles. The van der Waals surface area contributed by atoms with Crippen molar-refractivity contribution < 1.29 is 23.1 Å². The van der Waals surface area contributed by atoms with Crippen molar-refractivity contribution in [2.75, 3.05) is 11.1 Å². The van der Waals surface area contributed by atoms with Crippen molar-refractivity contribution in [2.24, 2.45) is 0 Å². The summed E-state index contributed by atoms with van der Waals surface area (Å²) in [6, 6.07) is 6.85. The number of nitrogens with two attached hydrogens (primary N) is 1. The topological polar surface area (TPSA) is 119 Å². The highest BCUT2D eigenvalue weighted by Gasteiger charge is 2.32. The molecule has 4 N–H and O–H groups in total. The van der Waals surface area contributed by atoms with Crippen LogP contribution in [0.2, 0.25) is 10.0 Å². The van der Waals surface area contributed by atoms with E-state index in [0.717, 1.165) is 6.07 Å². The van der Waals surface area contributed by atoms with E-state index >= 15 is 0 Å². The third-order valence-electron chi connectivity index (χ3n) is 4.91. The number of aliphatic hydroxyl groups is 1. The molecule has 0 fully saturated rings. The second-order valence-electron chi connectivity index (χ2n) is 7.28. The summed E-state index contributed by atoms with van der Waals surface area (Å²) in [5.41, 5.74) is 6.78. The molecule has 0 radical (unpaired) electrons. The first kappa shape index (κ1) is 23.7. The van der Waals surface area contributed by atoms with Crippen LogP contribution in [0.15, 0.2) is 42.7 Å². The molecular weight excluding hydrogens is 496 g/mol. The van der Waals surface area contributed by atoms with E-state index in [1.54, 1.807) is 13.0 Å². The average Bonchev–Trinajstić information content (AvgIpc) is 3.10. The summed E-state index contributed by atoms with van der Waals surface area (Å²) >= 11 is 12.1. The second kappa shape index (κ2) is 8.75. The van der Waals surface area contributed by atoms with Crippen molar-refractivity contribution in [2.45, 2.75) is 19.2 Å². The largest absolute Gasteiger partial charge is 0.416 e. The van der Waals surface area contributed by atoms with Crippen LogP contribution in [0.1, 0.15) is 22.9 Å². The van der Waals surface area contributed by atoms with Gasteiger partial charge in [-0.2, -0.15) is 18.3 Å². The molecule has 1 amide bonds. The standard InChI is InChI=1S/C21H15Cl2F3N6O2/c1-9-16-17(19(27)29-8-28-16)32(31-9)15-3-2-13(7-14(15)23)30-20(34)18(33)10-4-11(21(24,25)26)6-12(22)5-10/h2-8,18,33H,1H3,(H,30,34)(H2,27,28,29). The molecule has 0 saturated carbocycles. The predicted octanol–water partition coefficient (Wildman–Crippen LogP) is 4.70. The average molecular weight is 511 g/mol. The number of nitrogens with one attached hydrogen (secondary N) is 1. The first-order chi connectivity index (χ1) is 16.0. The number of aromatic nitrogens is 4. The van der Waals surface area contributed by atoms with Gasteiger partial charge in [0.1, 0.15) is 17.4 Å². The zero-order valence-corrected chi connectivity index (χ0v) is 18.7. The van der Waals surface area contributed by atoms with E-state index in [1.807, 2.05) is 0 Å². The van der Waals surface area contributed by atoms with Crippen LogP contribution in [-0.4, -0.2) is 30.8 Å². The minimum Gasteiger partial charge on any atom is -0.382 e. The molecule has 8 nitrogen and oxygen atoms in total. The quantitative estimate of drug-likeness (QED) is 0.366. The van der Waals surface area contributed by atoms with Crippen molar-refractivity contribution in [3.05, 3.63) is 69.6 Å². The number of benzene rings is 2. The van der Waals surface area contributed by atoms with E-state index in [-0.39, 0.29) is 27.1 Å². The first-order valence-electron chi connectivity index (χ1n) is 9.58. The fourth-order valence-electron chi connectivity index (χ4n) is 3.34. The summed E-state index contributed by atoms with van der Waals surface area (Å²) in [6.07, 6.45) is -5.28. The van der Waals surface area contributed by atoms with Gasteiger partial charge in [-0.25, -0.2) is 14.6 Å². The molecule has 4 rings (SSSR count). The molecule has 1 atom stereocenters. The monoisotopic (exact) mass is 510 g/mol. The smallest absolute Gasteiger partial charge is 0.382 e. The van der Waals surface area contributed by atoms with Crippen molar-refractivity contribution in [3.8, 4) is 5.69 Å². The molecule has 0 aliphatic rings. The molecule has 2 aromatic heterocycles. The van der Waals surface area contributed by atoms with Crippen LogP contribution in [0.25, 0.3) is 16.7 Å². The van der Waals surface area contributed by atoms with Crippen LogP contribution in [0, 0.1) is 6.92 Å². The fourth-order valence-corrected chi connectivity index (χ4v) is 3.84. The Labute approximate surface area is 200 Å². The van der Waals surface area contributed by atoms with Crippen molar-refractivity contribution in [1.82, 2.24) is 19.7 Å². The molecule has 0 aliphatic carbocycles. The summed E-state index contributed by atoms with van der Waals surface area (Å²) in [6.45, 7) is 1.75. The van der Waals surface area contributed by atoms with Crippen LogP contribution in [-0.2, 0) is 11.0 Å². The van der Waals surface area contributed by atoms with Gasteiger partial charge in [0.15, 0.2) is 11.9 Å². The number of amides is 1. The maximum atomic E-state index is 13.0. The lowest BCUT2D eigenvalue weighted by molar-refractivity contribution is -0.138. The van der Waals surface area contributed by atoms with E-state index in [9.17, 15) is 23.1 Å². The Morgan fingerprint density at radius 2 is 1.91 bits per heavy atom. The van der Waals surface area contributed by atoms with E-state index in [1.165, 1.54) is 23.1 Å². The third-order valence-corrected chi connectivity index (χ3v) is 5.43. The lowest BCUT2D eigenvalue weighted by Gasteiger charge is -2.15. The van der Waals surface area contributed by atoms with Crippen LogP contribution in [0.3, 0.4) is 0 Å². The molecule has 34 heavy (non-hydrogen) atoms. The number of aryl methyl sites for hydroxylation is 1. The summed E-state index contributed by atoms with van der Waals surface area (Å²) < 4.78 is 40.5. The van der Waals surface area contributed by atoms with Crippen molar-refractivity contribution in [1.29, 1.82) is 0 Å². The maximum Gasteiger partial charge on any atom is 0.416 e. The highest BCUT2D eigenvalue weighted by Crippen LogP contribution is 2.34. The molecule has 0 spiro atoms. The lowest BCUT2D eigenvalue weighted by Crippen LogP contribution is -2.21. The van der Waals surface area contributed by atoms with Crippen molar-refractivity contribution in [3.63, 3.8) is 0 Å². The van der Waals surface area contributed by atoms with Gasteiger partial charge >= 0.3 is 6.18 Å². The summed E-state index contributed by atoms with van der Waals surface area (Å²) in [5.74, 6) is -0.779. The number of rotatable bonds is 4. The van der Waals surface area contributed by atoms with Crippen molar-refractivity contribution >= 4 is 51.6 Å². The zero-order chi connectivity index (χ0) is 24.8. The number of anilines is 2. The molecule has 4 aromatic rings. The molecule has 0 saturated heterocycles. The van der Waals surface area contributed by atoms with Crippen LogP contribution in [0.5, 0.6) is 0 Å². The number of hydrogen-bond donors (Lipinski definition) is 3. The van der Waals surface area contributed by atoms with Gasteiger partial charge in [0.05, 0.1) is 22.0 Å². The summed E-state index contributed by atoms with van der Waals surface area (Å²) in [4.78, 5) is 20.6. The van der Waals surface area contributed by atoms with Gasteiger partial charge in [-0.3, -0.25) is 4.79 Å². The number of nitrogens with zero attached hydrogens (tertiary/aromatic N) is 4. The molecule has 0 bridgehead atoms. The normalized spacial score (nSPS) is 12.7. The molecule has 176 valence electrons. The Bertz CT molecular complexity index is 1420. The maximum absolute atomic E-state index is 13.0. The molecule has 13 heteroatoms. The number of carbonyl (C=O) groups excluding carboxylic acids is 1. The van der Waals surface area contributed by atoms with Gasteiger partial charge in [0.25, 0.3) is 5.91 Å². The third kappa shape index (κ3) is 4.49. The van der Waals surface area contributed by atoms with Gasteiger partial charge < -0.3 is 16.2 Å². The molecule has 0 aliphatic heterocycles. The second-order valence-corrected chi connectivity index (χ2v) is 8.13. The Hall–Kier alpha value is -3.41. The number of nitrogen functional groups attached to an aromatic ring is 1. The molecule has 1 unspecified atom stereocenters. The van der Waals surface area contributed by atoms with Gasteiger partial charge in [0.2, 0.25) is 0 Å². The van der Waals surface area contributed by atoms with Crippen LogP contribution >= 0.6 is 23.2 Å². The first-order valence-corrected chi connectivity index (χ1v) is 10.3. The minimum atomic E-state index is -4.69. The predicted molar refractivity (Wildman–Crippen MR) is 121 cm³/mol. The molecule has 2 heterocycles. The van der Waals surface area contributed by atoms with Gasteiger partial charge in [-0.1, -0.05) is 23.2 Å². The number of hydrogen-bond acceptors (Lipinski definition) is 6. The lowest BCUT2D eigenvalue weighted by atomic mass is 10.0. The Morgan fingerprint density at radius 3 is 2.59 bits per heavy atom. The Balaban J connectivity index is 1.61. The minimum absolute atomic E-state index is 0.169. The number of fused-ring (bicyclic) bond motifs is 1. The summed E-state index contributed by atoms with van der Waals surface area (Å²) in [7, 11) is 0. The van der Waals surface area contributed by atoms with Gasteiger partial charge in [0, 0.05) is 10.7 Å². The number of halogens is 5. The number of carbonyl (C=O) groups is 1. The highest BCUT2D eigenvalue weighted by molar-refractivity contribution is 6.33. The SMILES string of the molecule is Cc1nn(-c2ccc(NC(=O)C(O)c3cc(Cl)cc(C(F)(F)F)c3)cc2Cl)c2c(N)ncnc12. The van der Waals surface area contributed by atoms with Crippen LogP contribution < -0.4 is 11.1 Å².